The van der Waals surface area contributed by atoms with E-state index in [2.05, 4.69) is 0 Å². The highest BCUT2D eigenvalue weighted by molar-refractivity contribution is 5.80. The topological polar surface area (TPSA) is 53.3 Å². The molecule has 0 aliphatic heterocycles. The van der Waals surface area contributed by atoms with Crippen LogP contribution in [0, 0.1) is 5.41 Å². The first kappa shape index (κ1) is 7.75. The number of para-hydroxylation sites is 1. The van der Waals surface area contributed by atoms with Crippen LogP contribution in [0.3, 0.4) is 0 Å². The van der Waals surface area contributed by atoms with Crippen molar-refractivity contribution in [2.75, 3.05) is 6.79 Å². The van der Waals surface area contributed by atoms with E-state index in [9.17, 15) is 0 Å². The number of hydrogen-bond donors (Lipinski definition) is 2. The first-order valence-corrected chi connectivity index (χ1v) is 3.21. The van der Waals surface area contributed by atoms with Gasteiger partial charge in [-0.15, -0.1) is 0 Å². The van der Waals surface area contributed by atoms with Gasteiger partial charge in [0.2, 0.25) is 0 Å². The molecule has 3 heteroatoms. The summed E-state index contributed by atoms with van der Waals surface area (Å²) in [5, 5.41) is 15.4. The summed E-state index contributed by atoms with van der Waals surface area (Å²) in [7, 11) is 0. The molecule has 0 fully saturated rings. The fourth-order valence-corrected chi connectivity index (χ4v) is 0.801. The summed E-state index contributed by atoms with van der Waals surface area (Å²) in [5.74, 6) is 0.532. The summed E-state index contributed by atoms with van der Waals surface area (Å²) in [6.45, 7) is -0.356. The molecule has 0 saturated carbocycles. The second-order valence-electron chi connectivity index (χ2n) is 1.96. The van der Waals surface area contributed by atoms with Crippen LogP contribution in [0.5, 0.6) is 5.75 Å². The molecule has 0 aliphatic carbocycles. The summed E-state index contributed by atoms with van der Waals surface area (Å²) >= 11 is 0. The Morgan fingerprint density at radius 3 is 2.82 bits per heavy atom. The molecule has 1 rings (SSSR count). The lowest BCUT2D eigenvalue weighted by atomic mass is 10.2. The van der Waals surface area contributed by atoms with E-state index in [0.29, 0.717) is 11.3 Å². The van der Waals surface area contributed by atoms with Crippen LogP contribution in [-0.4, -0.2) is 18.1 Å². The van der Waals surface area contributed by atoms with Crippen LogP contribution in [0.4, 0.5) is 0 Å². The molecule has 0 saturated heterocycles. The Labute approximate surface area is 64.8 Å². The molecular weight excluding hydrogens is 142 g/mol. The van der Waals surface area contributed by atoms with Gasteiger partial charge in [-0.25, -0.2) is 0 Å². The highest BCUT2D eigenvalue weighted by Gasteiger charge is 1.96. The van der Waals surface area contributed by atoms with Crippen molar-refractivity contribution < 1.29 is 9.84 Å². The van der Waals surface area contributed by atoms with Gasteiger partial charge in [-0.2, -0.15) is 0 Å². The zero-order chi connectivity index (χ0) is 8.10. The van der Waals surface area contributed by atoms with E-state index in [-0.39, 0.29) is 6.79 Å². The van der Waals surface area contributed by atoms with Gasteiger partial charge in [-0.3, -0.25) is 0 Å². The van der Waals surface area contributed by atoms with Crippen LogP contribution in [0.1, 0.15) is 5.56 Å². The predicted octanol–water partition coefficient (Wildman–Crippen LogP) is 1.01. The minimum Gasteiger partial charge on any atom is -0.467 e. The molecule has 0 spiro atoms. The quantitative estimate of drug-likeness (QED) is 0.500. The molecule has 0 aromatic heterocycles. The van der Waals surface area contributed by atoms with E-state index in [1.165, 1.54) is 6.21 Å². The van der Waals surface area contributed by atoms with Gasteiger partial charge < -0.3 is 15.3 Å². The summed E-state index contributed by atoms with van der Waals surface area (Å²) in [5.41, 5.74) is 0.668. The second-order valence-corrected chi connectivity index (χ2v) is 1.96. The molecule has 0 heterocycles. The van der Waals surface area contributed by atoms with E-state index < -0.39 is 0 Å². The number of aliphatic hydroxyl groups excluding tert-OH is 1. The first-order valence-electron chi connectivity index (χ1n) is 3.21. The maximum absolute atomic E-state index is 8.44. The fraction of sp³-hybridized carbons (Fsp3) is 0.125. The summed E-state index contributed by atoms with van der Waals surface area (Å²) in [6, 6.07) is 7.05. The van der Waals surface area contributed by atoms with Crippen molar-refractivity contribution >= 4 is 6.21 Å². The lowest BCUT2D eigenvalue weighted by Crippen LogP contribution is -1.97. The van der Waals surface area contributed by atoms with E-state index in [4.69, 9.17) is 15.3 Å². The van der Waals surface area contributed by atoms with E-state index >= 15 is 0 Å². The fourth-order valence-electron chi connectivity index (χ4n) is 0.801. The third-order valence-electron chi connectivity index (χ3n) is 1.29. The number of benzene rings is 1. The third-order valence-corrected chi connectivity index (χ3v) is 1.29. The van der Waals surface area contributed by atoms with Crippen molar-refractivity contribution in [2.24, 2.45) is 0 Å². The zero-order valence-electron chi connectivity index (χ0n) is 5.95. The number of rotatable bonds is 3. The lowest BCUT2D eigenvalue weighted by molar-refractivity contribution is 0.0984. The third kappa shape index (κ3) is 1.78. The summed E-state index contributed by atoms with van der Waals surface area (Å²) < 4.78 is 4.83. The molecule has 0 atom stereocenters. The van der Waals surface area contributed by atoms with E-state index in [0.717, 1.165) is 0 Å². The van der Waals surface area contributed by atoms with Gasteiger partial charge in [0.15, 0.2) is 6.79 Å². The van der Waals surface area contributed by atoms with Gasteiger partial charge in [0.05, 0.1) is 0 Å². The lowest BCUT2D eigenvalue weighted by Gasteiger charge is -2.03. The van der Waals surface area contributed by atoms with Crippen LogP contribution in [0.15, 0.2) is 24.3 Å². The molecule has 58 valence electrons. The summed E-state index contributed by atoms with van der Waals surface area (Å²) in [4.78, 5) is 0. The van der Waals surface area contributed by atoms with Crippen molar-refractivity contribution in [1.82, 2.24) is 0 Å². The number of hydrogen-bond acceptors (Lipinski definition) is 3. The maximum atomic E-state index is 8.44. The highest BCUT2D eigenvalue weighted by Crippen LogP contribution is 2.14. The van der Waals surface area contributed by atoms with Crippen LogP contribution in [0.2, 0.25) is 0 Å². The largest absolute Gasteiger partial charge is 0.467 e. The molecule has 0 amide bonds. The van der Waals surface area contributed by atoms with E-state index in [1.54, 1.807) is 18.2 Å². The van der Waals surface area contributed by atoms with Gasteiger partial charge in [0.1, 0.15) is 5.75 Å². The van der Waals surface area contributed by atoms with Gasteiger partial charge in [0, 0.05) is 11.8 Å². The van der Waals surface area contributed by atoms with Crippen LogP contribution in [0.25, 0.3) is 0 Å². The highest BCUT2D eigenvalue weighted by atomic mass is 16.6. The minimum atomic E-state index is -0.356. The molecule has 1 aromatic rings. The molecule has 11 heavy (non-hydrogen) atoms. The molecule has 1 aromatic carbocycles. The standard InChI is InChI=1S/C8H9NO2/c9-5-7-3-1-2-4-8(7)11-6-10/h1-5,9-10H,6H2. The Morgan fingerprint density at radius 2 is 2.18 bits per heavy atom. The number of ether oxygens (including phenoxy) is 1. The van der Waals surface area contributed by atoms with Crippen LogP contribution < -0.4 is 4.74 Å². The Hall–Kier alpha value is -1.35. The summed E-state index contributed by atoms with van der Waals surface area (Å²) in [6.07, 6.45) is 1.19. The van der Waals surface area contributed by atoms with Crippen molar-refractivity contribution in [1.29, 1.82) is 5.41 Å². The first-order chi connectivity index (χ1) is 5.38. The van der Waals surface area contributed by atoms with Crippen LogP contribution in [-0.2, 0) is 0 Å². The predicted molar refractivity (Wildman–Crippen MR) is 42.0 cm³/mol. The van der Waals surface area contributed by atoms with Crippen LogP contribution >= 0.6 is 0 Å². The Balaban J connectivity index is 2.92. The van der Waals surface area contributed by atoms with Crippen molar-refractivity contribution in [2.45, 2.75) is 0 Å². The van der Waals surface area contributed by atoms with Gasteiger partial charge in [0.25, 0.3) is 0 Å². The van der Waals surface area contributed by atoms with Crippen molar-refractivity contribution in [3.63, 3.8) is 0 Å². The number of aliphatic hydroxyl groups is 1. The average molecular weight is 151 g/mol. The molecule has 3 nitrogen and oxygen atoms in total. The van der Waals surface area contributed by atoms with Gasteiger partial charge in [-0.1, -0.05) is 12.1 Å². The average Bonchev–Trinajstić information content (AvgIpc) is 2.06. The Kier molecular flexibility index (Phi) is 2.63. The smallest absolute Gasteiger partial charge is 0.186 e. The van der Waals surface area contributed by atoms with E-state index in [1.807, 2.05) is 6.07 Å². The molecule has 2 N–H and O–H groups in total. The zero-order valence-corrected chi connectivity index (χ0v) is 5.95. The SMILES string of the molecule is N=Cc1ccccc1OCO. The van der Waals surface area contributed by atoms with Gasteiger partial charge >= 0.3 is 0 Å². The molecule has 0 unspecified atom stereocenters. The molecule has 0 aliphatic rings. The Morgan fingerprint density at radius 1 is 1.45 bits per heavy atom. The maximum Gasteiger partial charge on any atom is 0.186 e. The monoisotopic (exact) mass is 151 g/mol. The van der Waals surface area contributed by atoms with Crippen molar-refractivity contribution in [3.05, 3.63) is 29.8 Å². The molecule has 0 radical (unpaired) electrons. The molecule has 0 bridgehead atoms. The molecular formula is C8H9NO2. The Bertz CT molecular complexity index is 248. The number of nitrogens with one attached hydrogen (secondary N) is 1. The minimum absolute atomic E-state index is 0.356. The van der Waals surface area contributed by atoms with Crippen molar-refractivity contribution in [3.8, 4) is 5.75 Å². The normalized spacial score (nSPS) is 9.18. The second kappa shape index (κ2) is 3.73. The van der Waals surface area contributed by atoms with Gasteiger partial charge in [-0.05, 0) is 12.1 Å².